The molecule has 0 aliphatic heterocycles. The number of carbonyl (C=O) groups excluding carboxylic acids is 1. The van der Waals surface area contributed by atoms with Crippen molar-refractivity contribution in [3.8, 4) is 5.75 Å². The van der Waals surface area contributed by atoms with Crippen molar-refractivity contribution in [3.63, 3.8) is 0 Å². The number of benzene rings is 1. The SMILES string of the molecule is COc1ccc(C(O)C(C)NC(=O)C(C)c2cccnc2)cc1. The minimum Gasteiger partial charge on any atom is -0.497 e. The molecule has 1 heterocycles. The molecule has 0 radical (unpaired) electrons. The molecule has 5 heteroatoms. The van der Waals surface area contributed by atoms with Gasteiger partial charge in [0.25, 0.3) is 0 Å². The van der Waals surface area contributed by atoms with Crippen molar-refractivity contribution >= 4 is 5.91 Å². The van der Waals surface area contributed by atoms with Crippen LogP contribution in [-0.2, 0) is 4.79 Å². The van der Waals surface area contributed by atoms with Gasteiger partial charge < -0.3 is 15.2 Å². The molecule has 0 saturated carbocycles. The average Bonchev–Trinajstić information content (AvgIpc) is 2.61. The molecule has 3 atom stereocenters. The highest BCUT2D eigenvalue weighted by Gasteiger charge is 2.22. The Kier molecular flexibility index (Phi) is 5.71. The van der Waals surface area contributed by atoms with E-state index in [9.17, 15) is 9.90 Å². The van der Waals surface area contributed by atoms with E-state index in [1.54, 1.807) is 56.8 Å². The summed E-state index contributed by atoms with van der Waals surface area (Å²) in [5, 5.41) is 13.2. The summed E-state index contributed by atoms with van der Waals surface area (Å²) >= 11 is 0. The number of aromatic nitrogens is 1. The van der Waals surface area contributed by atoms with Crippen molar-refractivity contribution < 1.29 is 14.6 Å². The van der Waals surface area contributed by atoms with Gasteiger partial charge in [0.15, 0.2) is 0 Å². The fourth-order valence-corrected chi connectivity index (χ4v) is 2.30. The predicted octanol–water partition coefficient (Wildman–Crippen LogP) is 2.43. The van der Waals surface area contributed by atoms with Crippen molar-refractivity contribution in [2.75, 3.05) is 7.11 Å². The van der Waals surface area contributed by atoms with Crippen LogP contribution in [0.3, 0.4) is 0 Å². The molecule has 1 aromatic heterocycles. The summed E-state index contributed by atoms with van der Waals surface area (Å²) in [5.41, 5.74) is 1.57. The first kappa shape index (κ1) is 17.0. The van der Waals surface area contributed by atoms with Gasteiger partial charge in [-0.3, -0.25) is 9.78 Å². The molecule has 122 valence electrons. The van der Waals surface area contributed by atoms with E-state index in [1.807, 2.05) is 13.0 Å². The number of hydrogen-bond donors (Lipinski definition) is 2. The standard InChI is InChI=1S/C18H22N2O3/c1-12(15-5-4-10-19-11-15)18(22)20-13(2)17(21)14-6-8-16(23-3)9-7-14/h4-13,17,21H,1-3H3,(H,20,22). The third-order valence-electron chi connectivity index (χ3n) is 3.88. The van der Waals surface area contributed by atoms with E-state index < -0.39 is 12.1 Å². The molecule has 2 aromatic rings. The van der Waals surface area contributed by atoms with Crippen LogP contribution in [0.25, 0.3) is 0 Å². The second-order valence-corrected chi connectivity index (χ2v) is 5.52. The molecule has 2 N–H and O–H groups in total. The quantitative estimate of drug-likeness (QED) is 0.859. The molecular formula is C18H22N2O3. The topological polar surface area (TPSA) is 71.5 Å². The first-order valence-corrected chi connectivity index (χ1v) is 7.55. The Morgan fingerprint density at radius 2 is 1.87 bits per heavy atom. The summed E-state index contributed by atoms with van der Waals surface area (Å²) in [7, 11) is 1.59. The number of ether oxygens (including phenoxy) is 1. The maximum atomic E-state index is 12.3. The molecule has 1 amide bonds. The van der Waals surface area contributed by atoms with Crippen LogP contribution in [0.15, 0.2) is 48.8 Å². The minimum atomic E-state index is -0.786. The Balaban J connectivity index is 1.99. The number of carbonyl (C=O) groups is 1. The lowest BCUT2D eigenvalue weighted by Gasteiger charge is -2.22. The number of aliphatic hydroxyl groups excluding tert-OH is 1. The molecule has 2 rings (SSSR count). The third-order valence-corrected chi connectivity index (χ3v) is 3.88. The highest BCUT2D eigenvalue weighted by atomic mass is 16.5. The smallest absolute Gasteiger partial charge is 0.227 e. The predicted molar refractivity (Wildman–Crippen MR) is 88.2 cm³/mol. The number of pyridine rings is 1. The number of amides is 1. The van der Waals surface area contributed by atoms with Gasteiger partial charge in [-0.25, -0.2) is 0 Å². The highest BCUT2D eigenvalue weighted by Crippen LogP contribution is 2.21. The normalized spacial score (nSPS) is 14.6. The second-order valence-electron chi connectivity index (χ2n) is 5.52. The lowest BCUT2D eigenvalue weighted by Crippen LogP contribution is -2.39. The number of methoxy groups -OCH3 is 1. The van der Waals surface area contributed by atoms with E-state index in [1.165, 1.54) is 0 Å². The molecule has 5 nitrogen and oxygen atoms in total. The van der Waals surface area contributed by atoms with Gasteiger partial charge in [-0.1, -0.05) is 18.2 Å². The first-order chi connectivity index (χ1) is 11.0. The van der Waals surface area contributed by atoms with Gasteiger partial charge in [-0.2, -0.15) is 0 Å². The molecular weight excluding hydrogens is 292 g/mol. The number of hydrogen-bond acceptors (Lipinski definition) is 4. The minimum absolute atomic E-state index is 0.141. The molecule has 0 fully saturated rings. The third kappa shape index (κ3) is 4.29. The number of nitrogens with zero attached hydrogens (tertiary/aromatic N) is 1. The number of aliphatic hydroxyl groups is 1. The van der Waals surface area contributed by atoms with Gasteiger partial charge in [0.2, 0.25) is 5.91 Å². The highest BCUT2D eigenvalue weighted by molar-refractivity contribution is 5.83. The Morgan fingerprint density at radius 3 is 2.43 bits per heavy atom. The molecule has 0 aliphatic carbocycles. The summed E-state index contributed by atoms with van der Waals surface area (Å²) in [5.74, 6) is 0.259. The average molecular weight is 314 g/mol. The molecule has 23 heavy (non-hydrogen) atoms. The van der Waals surface area contributed by atoms with E-state index in [2.05, 4.69) is 10.3 Å². The van der Waals surface area contributed by atoms with Crippen molar-refractivity contribution in [1.82, 2.24) is 10.3 Å². The zero-order valence-electron chi connectivity index (χ0n) is 13.6. The fourth-order valence-electron chi connectivity index (χ4n) is 2.30. The van der Waals surface area contributed by atoms with Crippen LogP contribution in [0.5, 0.6) is 5.75 Å². The van der Waals surface area contributed by atoms with Gasteiger partial charge in [-0.15, -0.1) is 0 Å². The molecule has 3 unspecified atom stereocenters. The van der Waals surface area contributed by atoms with Gasteiger partial charge in [-0.05, 0) is 43.2 Å². The molecule has 0 bridgehead atoms. The van der Waals surface area contributed by atoms with E-state index in [0.717, 1.165) is 16.9 Å². The van der Waals surface area contributed by atoms with Crippen molar-refractivity contribution in [3.05, 3.63) is 59.9 Å². The lowest BCUT2D eigenvalue weighted by molar-refractivity contribution is -0.123. The van der Waals surface area contributed by atoms with Crippen LogP contribution < -0.4 is 10.1 Å². The van der Waals surface area contributed by atoms with Gasteiger partial charge in [0, 0.05) is 12.4 Å². The van der Waals surface area contributed by atoms with Crippen LogP contribution in [0.2, 0.25) is 0 Å². The molecule has 1 aromatic carbocycles. The lowest BCUT2D eigenvalue weighted by atomic mass is 10.00. The van der Waals surface area contributed by atoms with Crippen LogP contribution in [-0.4, -0.2) is 29.1 Å². The zero-order chi connectivity index (χ0) is 16.8. The van der Waals surface area contributed by atoms with E-state index in [4.69, 9.17) is 4.74 Å². The maximum Gasteiger partial charge on any atom is 0.227 e. The van der Waals surface area contributed by atoms with E-state index in [0.29, 0.717) is 0 Å². The van der Waals surface area contributed by atoms with Crippen LogP contribution in [0.1, 0.15) is 37.0 Å². The largest absolute Gasteiger partial charge is 0.497 e. The first-order valence-electron chi connectivity index (χ1n) is 7.55. The van der Waals surface area contributed by atoms with Crippen molar-refractivity contribution in [2.45, 2.75) is 31.9 Å². The van der Waals surface area contributed by atoms with Crippen molar-refractivity contribution in [1.29, 1.82) is 0 Å². The Bertz CT molecular complexity index is 628. The van der Waals surface area contributed by atoms with Crippen molar-refractivity contribution in [2.24, 2.45) is 0 Å². The molecule has 0 aliphatic rings. The summed E-state index contributed by atoms with van der Waals surface area (Å²) in [4.78, 5) is 16.3. The van der Waals surface area contributed by atoms with Gasteiger partial charge in [0.05, 0.1) is 25.2 Å². The fraction of sp³-hybridized carbons (Fsp3) is 0.333. The maximum absolute atomic E-state index is 12.3. The molecule has 0 spiro atoms. The Labute approximate surface area is 136 Å². The zero-order valence-corrected chi connectivity index (χ0v) is 13.6. The van der Waals surface area contributed by atoms with Crippen LogP contribution in [0, 0.1) is 0 Å². The van der Waals surface area contributed by atoms with E-state index in [-0.39, 0.29) is 11.8 Å². The number of nitrogens with one attached hydrogen (secondary N) is 1. The van der Waals surface area contributed by atoms with Gasteiger partial charge in [0.1, 0.15) is 5.75 Å². The Hall–Kier alpha value is -2.40. The number of rotatable bonds is 6. The second kappa shape index (κ2) is 7.74. The van der Waals surface area contributed by atoms with E-state index >= 15 is 0 Å². The van der Waals surface area contributed by atoms with Crippen LogP contribution >= 0.6 is 0 Å². The summed E-state index contributed by atoms with van der Waals surface area (Å²) in [6.45, 7) is 3.60. The van der Waals surface area contributed by atoms with Crippen LogP contribution in [0.4, 0.5) is 0 Å². The van der Waals surface area contributed by atoms with Gasteiger partial charge >= 0.3 is 0 Å². The summed E-state index contributed by atoms with van der Waals surface area (Å²) in [6, 6.07) is 10.4. The monoisotopic (exact) mass is 314 g/mol. The summed E-state index contributed by atoms with van der Waals surface area (Å²) < 4.78 is 5.10. The molecule has 0 saturated heterocycles. The Morgan fingerprint density at radius 1 is 1.17 bits per heavy atom. The summed E-state index contributed by atoms with van der Waals surface area (Å²) in [6.07, 6.45) is 2.56.